The summed E-state index contributed by atoms with van der Waals surface area (Å²) in [7, 11) is 0. The van der Waals surface area contributed by atoms with Crippen molar-refractivity contribution in [3.63, 3.8) is 0 Å². The van der Waals surface area contributed by atoms with Crippen LogP contribution in [0.3, 0.4) is 0 Å². The first kappa shape index (κ1) is 9.69. The van der Waals surface area contributed by atoms with Crippen molar-refractivity contribution >= 4 is 0 Å². The molecule has 1 aliphatic heterocycles. The molecular formula is C12H17NO. The molecule has 76 valence electrons. The van der Waals surface area contributed by atoms with E-state index in [1.807, 2.05) is 0 Å². The molecule has 1 aliphatic rings. The smallest absolute Gasteiger partial charge is 0.0721 e. The average Bonchev–Trinajstić information content (AvgIpc) is 2.26. The monoisotopic (exact) mass is 191 g/mol. The van der Waals surface area contributed by atoms with Gasteiger partial charge in [0.1, 0.15) is 0 Å². The van der Waals surface area contributed by atoms with E-state index in [4.69, 9.17) is 4.74 Å². The van der Waals surface area contributed by atoms with E-state index in [1.54, 1.807) is 0 Å². The number of benzene rings is 1. The Bertz CT molecular complexity index is 298. The van der Waals surface area contributed by atoms with E-state index in [0.717, 1.165) is 19.8 Å². The van der Waals surface area contributed by atoms with Gasteiger partial charge in [0.25, 0.3) is 0 Å². The van der Waals surface area contributed by atoms with E-state index >= 15 is 0 Å². The van der Waals surface area contributed by atoms with Crippen LogP contribution in [0.15, 0.2) is 24.3 Å². The summed E-state index contributed by atoms with van der Waals surface area (Å²) in [5.41, 5.74) is 2.74. The first-order chi connectivity index (χ1) is 6.92. The van der Waals surface area contributed by atoms with Crippen LogP contribution >= 0.6 is 0 Å². The van der Waals surface area contributed by atoms with Crippen LogP contribution in [-0.4, -0.2) is 13.2 Å². The van der Waals surface area contributed by atoms with E-state index in [2.05, 4.69) is 36.5 Å². The summed E-state index contributed by atoms with van der Waals surface area (Å²) >= 11 is 0. The van der Waals surface area contributed by atoms with Gasteiger partial charge in [-0.2, -0.15) is 0 Å². The average molecular weight is 191 g/mol. The molecule has 0 radical (unpaired) electrons. The van der Waals surface area contributed by atoms with Gasteiger partial charge >= 0.3 is 0 Å². The number of hydrogen-bond donors (Lipinski definition) is 1. The molecule has 1 atom stereocenters. The van der Waals surface area contributed by atoms with Crippen molar-refractivity contribution in [3.05, 3.63) is 35.4 Å². The maximum atomic E-state index is 5.54. The van der Waals surface area contributed by atoms with Crippen LogP contribution in [0.4, 0.5) is 0 Å². The van der Waals surface area contributed by atoms with Gasteiger partial charge in [0.15, 0.2) is 0 Å². The Hall–Kier alpha value is -0.860. The third-order valence-electron chi connectivity index (χ3n) is 2.61. The van der Waals surface area contributed by atoms with E-state index in [9.17, 15) is 0 Å². The molecule has 0 saturated heterocycles. The van der Waals surface area contributed by atoms with E-state index in [0.29, 0.717) is 6.04 Å². The fraction of sp³-hybridized carbons (Fsp3) is 0.500. The lowest BCUT2D eigenvalue weighted by molar-refractivity contribution is 0.0823. The largest absolute Gasteiger partial charge is 0.375 e. The minimum atomic E-state index is 0.389. The zero-order valence-electron chi connectivity index (χ0n) is 8.62. The third-order valence-corrected chi connectivity index (χ3v) is 2.61. The molecule has 1 N–H and O–H groups in total. The molecule has 2 nitrogen and oxygen atoms in total. The van der Waals surface area contributed by atoms with Gasteiger partial charge in [-0.05, 0) is 24.1 Å². The van der Waals surface area contributed by atoms with Gasteiger partial charge in [0.05, 0.1) is 19.3 Å². The lowest BCUT2D eigenvalue weighted by Crippen LogP contribution is -2.30. The van der Waals surface area contributed by atoms with Crippen LogP contribution in [-0.2, 0) is 11.3 Å². The maximum absolute atomic E-state index is 5.54. The minimum absolute atomic E-state index is 0.389. The molecule has 1 aromatic rings. The Morgan fingerprint density at radius 2 is 2.29 bits per heavy atom. The van der Waals surface area contributed by atoms with Gasteiger partial charge in [0.2, 0.25) is 0 Å². The van der Waals surface area contributed by atoms with Crippen LogP contribution in [0.1, 0.15) is 30.5 Å². The predicted octanol–water partition coefficient (Wildman–Crippen LogP) is 2.26. The Labute approximate surface area is 85.3 Å². The number of ether oxygens (including phenoxy) is 1. The lowest BCUT2D eigenvalue weighted by atomic mass is 9.99. The van der Waals surface area contributed by atoms with Crippen molar-refractivity contribution in [1.29, 1.82) is 0 Å². The Morgan fingerprint density at radius 3 is 3.14 bits per heavy atom. The van der Waals surface area contributed by atoms with Crippen molar-refractivity contribution in [2.75, 3.05) is 13.2 Å². The molecule has 0 unspecified atom stereocenters. The zero-order valence-corrected chi connectivity index (χ0v) is 8.62. The third kappa shape index (κ3) is 1.97. The Kier molecular flexibility index (Phi) is 3.17. The molecule has 2 heteroatoms. The molecule has 1 aromatic carbocycles. The van der Waals surface area contributed by atoms with Gasteiger partial charge in [-0.3, -0.25) is 0 Å². The minimum Gasteiger partial charge on any atom is -0.375 e. The highest BCUT2D eigenvalue weighted by Gasteiger charge is 2.18. The van der Waals surface area contributed by atoms with Gasteiger partial charge in [0, 0.05) is 0 Å². The van der Waals surface area contributed by atoms with Gasteiger partial charge < -0.3 is 10.1 Å². The topological polar surface area (TPSA) is 21.3 Å². The number of hydrogen-bond acceptors (Lipinski definition) is 2. The number of fused-ring (bicyclic) bond motifs is 1. The normalized spacial score (nSPS) is 20.5. The molecule has 2 rings (SSSR count). The quantitative estimate of drug-likeness (QED) is 0.791. The fourth-order valence-corrected chi connectivity index (χ4v) is 1.87. The molecule has 0 fully saturated rings. The van der Waals surface area contributed by atoms with Crippen LogP contribution in [0.5, 0.6) is 0 Å². The van der Waals surface area contributed by atoms with Crippen molar-refractivity contribution in [2.24, 2.45) is 0 Å². The molecule has 0 amide bonds. The van der Waals surface area contributed by atoms with Crippen molar-refractivity contribution in [2.45, 2.75) is 26.0 Å². The van der Waals surface area contributed by atoms with Crippen LogP contribution in [0.25, 0.3) is 0 Å². The zero-order chi connectivity index (χ0) is 9.80. The van der Waals surface area contributed by atoms with E-state index < -0.39 is 0 Å². The maximum Gasteiger partial charge on any atom is 0.0721 e. The summed E-state index contributed by atoms with van der Waals surface area (Å²) in [6, 6.07) is 8.91. The first-order valence-electron chi connectivity index (χ1n) is 5.30. The molecule has 0 aromatic heterocycles. The molecule has 0 spiro atoms. The molecule has 0 saturated carbocycles. The number of rotatable bonds is 3. The molecular weight excluding hydrogens is 174 g/mol. The molecule has 1 heterocycles. The van der Waals surface area contributed by atoms with Crippen LogP contribution in [0.2, 0.25) is 0 Å². The lowest BCUT2D eigenvalue weighted by Gasteiger charge is -2.26. The van der Waals surface area contributed by atoms with Gasteiger partial charge in [-0.25, -0.2) is 0 Å². The molecule has 0 aliphatic carbocycles. The second-order valence-corrected chi connectivity index (χ2v) is 3.72. The fourth-order valence-electron chi connectivity index (χ4n) is 1.87. The SMILES string of the molecule is CCCN[C@H]1COCc2ccccc21. The second kappa shape index (κ2) is 4.58. The van der Waals surface area contributed by atoms with E-state index in [1.165, 1.54) is 17.5 Å². The Balaban J connectivity index is 2.14. The van der Waals surface area contributed by atoms with Crippen molar-refractivity contribution in [1.82, 2.24) is 5.32 Å². The highest BCUT2D eigenvalue weighted by atomic mass is 16.5. The second-order valence-electron chi connectivity index (χ2n) is 3.72. The van der Waals surface area contributed by atoms with Gasteiger partial charge in [-0.15, -0.1) is 0 Å². The van der Waals surface area contributed by atoms with Crippen LogP contribution < -0.4 is 5.32 Å². The highest BCUT2D eigenvalue weighted by Crippen LogP contribution is 2.23. The summed E-state index contributed by atoms with van der Waals surface area (Å²) < 4.78 is 5.54. The summed E-state index contributed by atoms with van der Waals surface area (Å²) in [5.74, 6) is 0. The summed E-state index contributed by atoms with van der Waals surface area (Å²) in [6.07, 6.45) is 1.17. The summed E-state index contributed by atoms with van der Waals surface area (Å²) in [6.45, 7) is 4.81. The highest BCUT2D eigenvalue weighted by molar-refractivity contribution is 5.30. The van der Waals surface area contributed by atoms with Crippen molar-refractivity contribution < 1.29 is 4.74 Å². The Morgan fingerprint density at radius 1 is 1.43 bits per heavy atom. The number of nitrogens with one attached hydrogen (secondary N) is 1. The van der Waals surface area contributed by atoms with Crippen molar-refractivity contribution in [3.8, 4) is 0 Å². The first-order valence-corrected chi connectivity index (χ1v) is 5.30. The summed E-state index contributed by atoms with van der Waals surface area (Å²) in [5, 5.41) is 3.50. The van der Waals surface area contributed by atoms with Gasteiger partial charge in [-0.1, -0.05) is 31.2 Å². The summed E-state index contributed by atoms with van der Waals surface area (Å²) in [4.78, 5) is 0. The van der Waals surface area contributed by atoms with E-state index in [-0.39, 0.29) is 0 Å². The molecule has 14 heavy (non-hydrogen) atoms. The standard InChI is InChI=1S/C12H17NO/c1-2-7-13-12-9-14-8-10-5-3-4-6-11(10)12/h3-6,12-13H,2,7-9H2,1H3/t12-/m0/s1. The predicted molar refractivity (Wildman–Crippen MR) is 57.1 cm³/mol. The molecule has 0 bridgehead atoms. The van der Waals surface area contributed by atoms with Crippen LogP contribution in [0, 0.1) is 0 Å².